The fraction of sp³-hybridized carbons (Fsp3) is 0.929. The van der Waals surface area contributed by atoms with Crippen LogP contribution in [-0.4, -0.2) is 146 Å². The Morgan fingerprint density at radius 3 is 2.20 bits per heavy atom. The van der Waals surface area contributed by atoms with Crippen LogP contribution in [0.25, 0.3) is 0 Å². The molecule has 0 aromatic rings. The number of aliphatic hydroxyl groups excluding tert-OH is 8. The number of fused-ring (bicyclic) bond motifs is 4. The highest BCUT2D eigenvalue weighted by atomic mass is 16.8. The van der Waals surface area contributed by atoms with Gasteiger partial charge in [0.05, 0.1) is 43.7 Å². The van der Waals surface area contributed by atoms with E-state index in [-0.39, 0.29) is 40.6 Å². The van der Waals surface area contributed by atoms with Crippen LogP contribution in [0.15, 0.2) is 12.2 Å². The highest BCUT2D eigenvalue weighted by Gasteiger charge is 2.79. The number of hydrogen-bond acceptors (Lipinski definition) is 14. The summed E-state index contributed by atoms with van der Waals surface area (Å²) in [6.07, 6.45) is -4.21. The molecular weight excluding hydrogens is 728 g/mol. The van der Waals surface area contributed by atoms with Crippen LogP contribution in [0.3, 0.4) is 0 Å². The van der Waals surface area contributed by atoms with E-state index in [1.807, 2.05) is 13.8 Å². The predicted octanol–water partition coefficient (Wildman–Crippen LogP) is 0.956. The van der Waals surface area contributed by atoms with Crippen LogP contribution < -0.4 is 0 Å². The normalized spacial score (nSPS) is 60.4. The fourth-order valence-corrected chi connectivity index (χ4v) is 14.3. The van der Waals surface area contributed by atoms with Crippen LogP contribution in [-0.2, 0) is 28.5 Å². The Kier molecular flexibility index (Phi) is 10.2. The summed E-state index contributed by atoms with van der Waals surface area (Å²) in [7, 11) is 0. The molecule has 0 aromatic heterocycles. The molecule has 22 atom stereocenters. The van der Waals surface area contributed by atoms with Gasteiger partial charge in [0.15, 0.2) is 12.6 Å². The van der Waals surface area contributed by atoms with Gasteiger partial charge in [-0.1, -0.05) is 46.8 Å². The van der Waals surface area contributed by atoms with Gasteiger partial charge in [-0.3, -0.25) is 0 Å². The molecule has 8 aliphatic rings. The topological polar surface area (TPSA) is 225 Å². The maximum Gasteiger partial charge on any atom is 0.187 e. The first-order valence-electron chi connectivity index (χ1n) is 21.0. The average molecular weight is 795 g/mol. The zero-order chi connectivity index (χ0) is 40.6. The molecule has 8 N–H and O–H groups in total. The molecule has 0 unspecified atom stereocenters. The number of aliphatic hydroxyl groups is 8. The van der Waals surface area contributed by atoms with Gasteiger partial charge in [-0.05, 0) is 81.0 Å². The molecule has 3 heterocycles. The maximum atomic E-state index is 12.4. The third kappa shape index (κ3) is 5.37. The van der Waals surface area contributed by atoms with E-state index >= 15 is 0 Å². The van der Waals surface area contributed by atoms with E-state index in [9.17, 15) is 45.6 Å². The zero-order valence-corrected chi connectivity index (χ0v) is 33.7. The molecule has 7 fully saturated rings. The first-order valence-corrected chi connectivity index (χ1v) is 21.0. The lowest BCUT2D eigenvalue weighted by molar-refractivity contribution is -0.377. The van der Waals surface area contributed by atoms with Crippen LogP contribution in [0, 0.1) is 50.2 Å². The van der Waals surface area contributed by atoms with Crippen molar-refractivity contribution in [3.05, 3.63) is 12.2 Å². The molecule has 1 spiro atoms. The van der Waals surface area contributed by atoms with Crippen LogP contribution in [0.2, 0.25) is 0 Å². The minimum absolute atomic E-state index is 0.0121. The summed E-state index contributed by atoms with van der Waals surface area (Å²) in [5, 5.41) is 87.2. The Morgan fingerprint density at radius 1 is 0.786 bits per heavy atom. The lowest BCUT2D eigenvalue weighted by Crippen LogP contribution is -2.73. The Hall–Kier alpha value is -1.11. The van der Waals surface area contributed by atoms with Crippen molar-refractivity contribution in [1.29, 1.82) is 0 Å². The van der Waals surface area contributed by atoms with Crippen LogP contribution in [0.4, 0.5) is 0 Å². The van der Waals surface area contributed by atoms with E-state index < -0.39 is 102 Å². The number of carbonyl (C=O) groups excluding carboxylic acids is 1. The summed E-state index contributed by atoms with van der Waals surface area (Å²) in [4.78, 5) is 12.4. The number of ether oxygens (including phenoxy) is 5. The van der Waals surface area contributed by atoms with Crippen molar-refractivity contribution in [3.8, 4) is 0 Å². The lowest BCUT2D eigenvalue weighted by atomic mass is 9.32. The van der Waals surface area contributed by atoms with Gasteiger partial charge in [0.2, 0.25) is 0 Å². The second kappa shape index (κ2) is 13.7. The number of carbonyl (C=O) groups is 1. The lowest BCUT2D eigenvalue weighted by Gasteiger charge is -2.73. The van der Waals surface area contributed by atoms with Crippen molar-refractivity contribution in [2.45, 2.75) is 172 Å². The number of allylic oxidation sites excluding steroid dienone is 1. The van der Waals surface area contributed by atoms with Gasteiger partial charge in [0.1, 0.15) is 49.0 Å². The Balaban J connectivity index is 1.09. The molecule has 0 aromatic carbocycles. The first-order chi connectivity index (χ1) is 26.2. The summed E-state index contributed by atoms with van der Waals surface area (Å²) < 4.78 is 31.5. The van der Waals surface area contributed by atoms with Gasteiger partial charge in [-0.2, -0.15) is 0 Å². The minimum Gasteiger partial charge on any atom is -0.396 e. The van der Waals surface area contributed by atoms with Crippen molar-refractivity contribution in [2.24, 2.45) is 50.2 Å². The van der Waals surface area contributed by atoms with E-state index in [0.717, 1.165) is 32.0 Å². The maximum absolute atomic E-state index is 12.4. The third-order valence-corrected chi connectivity index (χ3v) is 18.0. The molecule has 56 heavy (non-hydrogen) atoms. The fourth-order valence-electron chi connectivity index (χ4n) is 14.3. The summed E-state index contributed by atoms with van der Waals surface area (Å²) in [5.74, 6) is 0.0306. The smallest absolute Gasteiger partial charge is 0.187 e. The molecule has 3 aliphatic heterocycles. The molecule has 2 bridgehead atoms. The number of aldehydes is 1. The summed E-state index contributed by atoms with van der Waals surface area (Å²) in [6.45, 7) is 12.2. The predicted molar refractivity (Wildman–Crippen MR) is 197 cm³/mol. The van der Waals surface area contributed by atoms with E-state index in [0.29, 0.717) is 32.3 Å². The van der Waals surface area contributed by atoms with Crippen molar-refractivity contribution >= 4 is 6.29 Å². The molecule has 5 aliphatic carbocycles. The molecule has 3 saturated heterocycles. The number of hydrogen-bond donors (Lipinski definition) is 8. The van der Waals surface area contributed by atoms with Crippen LogP contribution >= 0.6 is 0 Å². The van der Waals surface area contributed by atoms with E-state index in [2.05, 4.69) is 32.9 Å². The Morgan fingerprint density at radius 2 is 1.52 bits per heavy atom. The number of rotatable bonds is 7. The van der Waals surface area contributed by atoms with E-state index in [4.69, 9.17) is 23.7 Å². The average Bonchev–Trinajstić information content (AvgIpc) is 3.45. The van der Waals surface area contributed by atoms with Gasteiger partial charge >= 0.3 is 0 Å². The van der Waals surface area contributed by atoms with Crippen molar-refractivity contribution in [3.63, 3.8) is 0 Å². The summed E-state index contributed by atoms with van der Waals surface area (Å²) in [5.41, 5.74) is -3.32. The summed E-state index contributed by atoms with van der Waals surface area (Å²) >= 11 is 0. The van der Waals surface area contributed by atoms with Crippen molar-refractivity contribution < 1.29 is 69.3 Å². The highest BCUT2D eigenvalue weighted by molar-refractivity contribution is 5.59. The molecule has 14 heteroatoms. The SMILES string of the molecule is C[C@H]1O[C@@H](O[C@H]2[C@H](O[C@H]3CC[C@@]4(C)[C@@H](CC[C@]5(C)[C@@H]4C=C[C@]46OC[C@@]7(CC[C@](C)(C=O)C[C@H]74)[C@@H](O)C[C@]65C)[C@]3(C)CO)O[C@H](CO)[C@@H](O)[C@@H]2O)[C@H](O)[C@@H](O)[C@H]1O. The monoisotopic (exact) mass is 794 g/mol. The first kappa shape index (κ1) is 41.6. The highest BCUT2D eigenvalue weighted by Crippen LogP contribution is 2.79. The molecule has 0 radical (unpaired) electrons. The second-order valence-electron chi connectivity index (χ2n) is 20.6. The van der Waals surface area contributed by atoms with Gasteiger partial charge in [-0.25, -0.2) is 0 Å². The van der Waals surface area contributed by atoms with E-state index in [1.54, 1.807) is 0 Å². The third-order valence-electron chi connectivity index (χ3n) is 18.0. The molecule has 14 nitrogen and oxygen atoms in total. The minimum atomic E-state index is -1.69. The molecule has 318 valence electrons. The van der Waals surface area contributed by atoms with E-state index in [1.165, 1.54) is 6.92 Å². The zero-order valence-electron chi connectivity index (χ0n) is 33.7. The molecule has 4 saturated carbocycles. The van der Waals surface area contributed by atoms with Gasteiger partial charge in [0.25, 0.3) is 0 Å². The summed E-state index contributed by atoms with van der Waals surface area (Å²) in [6, 6.07) is 0. The van der Waals surface area contributed by atoms with Gasteiger partial charge in [-0.15, -0.1) is 0 Å². The van der Waals surface area contributed by atoms with Crippen molar-refractivity contribution in [1.82, 2.24) is 0 Å². The van der Waals surface area contributed by atoms with Crippen LogP contribution in [0.5, 0.6) is 0 Å². The van der Waals surface area contributed by atoms with Crippen molar-refractivity contribution in [2.75, 3.05) is 19.8 Å². The molecular formula is C42H66O14. The Bertz CT molecular complexity index is 1550. The standard InChI is InChI=1S/C42H66O14/c1-21-28(47)30(49)32(51)34(53-21)56-33-31(50)29(48)22(17-43)54-35(33)55-27-9-10-37(3)23(38(27,4)19-45)7-11-39(5)24(37)8-12-42-25-15-36(2,18-44)13-14-41(25,20-52-42)26(46)16-40(39,42)6/h8,12,18,21-35,43,45-51H,7,9-11,13-17,19-20H2,1-6H3/t21-,22-,23-,24-,25-,26+,27+,28+,29-,30+,31+,32-,33-,34+,35+,36+,37+,38+,39-,40+,41-,42+/m1/s1. The molecule has 8 rings (SSSR count). The Labute approximate surface area is 329 Å². The van der Waals surface area contributed by atoms with Crippen LogP contribution in [0.1, 0.15) is 92.9 Å². The quantitative estimate of drug-likeness (QED) is 0.102. The van der Waals surface area contributed by atoms with Gasteiger partial charge in [0, 0.05) is 27.6 Å². The second-order valence-corrected chi connectivity index (χ2v) is 20.6. The largest absolute Gasteiger partial charge is 0.396 e. The van der Waals surface area contributed by atoms with Gasteiger partial charge < -0.3 is 69.3 Å². The molecule has 0 amide bonds.